The molecule has 0 fully saturated rings. The van der Waals surface area contributed by atoms with Crippen LogP contribution in [0, 0.1) is 6.92 Å². The molecule has 0 amide bonds. The lowest BCUT2D eigenvalue weighted by atomic mass is 10.1. The minimum absolute atomic E-state index is 0.00879. The van der Waals surface area contributed by atoms with Gasteiger partial charge in [0.05, 0.1) is 16.4 Å². The molecule has 0 aliphatic heterocycles. The van der Waals surface area contributed by atoms with Gasteiger partial charge in [0.2, 0.25) is 11.9 Å². The molecule has 0 saturated carbocycles. The second kappa shape index (κ2) is 7.94. The van der Waals surface area contributed by atoms with Crippen molar-refractivity contribution in [2.45, 2.75) is 11.8 Å². The Kier molecular flexibility index (Phi) is 5.57. The van der Waals surface area contributed by atoms with Gasteiger partial charge in [-0.3, -0.25) is 0 Å². The number of aromatic nitrogens is 2. The SMILES string of the molecule is Cc1nc(N)ncc1-c1ccc(Cl)c(S(=O)(=O)N(N=C(N)N)c2ccccc2)c1. The summed E-state index contributed by atoms with van der Waals surface area (Å²) in [6, 6.07) is 12.7. The van der Waals surface area contributed by atoms with Crippen LogP contribution in [-0.2, 0) is 10.0 Å². The Morgan fingerprint density at radius 3 is 2.45 bits per heavy atom. The number of nitrogens with two attached hydrogens (primary N) is 3. The van der Waals surface area contributed by atoms with Gasteiger partial charge in [0, 0.05) is 11.8 Å². The van der Waals surface area contributed by atoms with Crippen LogP contribution >= 0.6 is 11.6 Å². The molecule has 0 aliphatic rings. The number of nitrogens with zero attached hydrogens (tertiary/aromatic N) is 4. The van der Waals surface area contributed by atoms with Crippen molar-refractivity contribution in [2.75, 3.05) is 10.1 Å². The number of guanidine groups is 1. The summed E-state index contributed by atoms with van der Waals surface area (Å²) in [5, 5.41) is 3.79. The number of para-hydroxylation sites is 1. The topological polar surface area (TPSA) is 154 Å². The van der Waals surface area contributed by atoms with Crippen LogP contribution in [0.5, 0.6) is 0 Å². The van der Waals surface area contributed by atoms with Crippen LogP contribution in [-0.4, -0.2) is 24.3 Å². The molecule has 0 radical (unpaired) electrons. The van der Waals surface area contributed by atoms with Crippen molar-refractivity contribution < 1.29 is 8.42 Å². The molecule has 2 aromatic carbocycles. The summed E-state index contributed by atoms with van der Waals surface area (Å²) in [4.78, 5) is 7.90. The molecule has 1 heterocycles. The van der Waals surface area contributed by atoms with E-state index in [9.17, 15) is 8.42 Å². The number of aryl methyl sites for hydroxylation is 1. The van der Waals surface area contributed by atoms with Gasteiger partial charge in [-0.25, -0.2) is 9.97 Å². The van der Waals surface area contributed by atoms with Crippen molar-refractivity contribution in [1.29, 1.82) is 0 Å². The number of hydrazone groups is 1. The lowest BCUT2D eigenvalue weighted by molar-refractivity contribution is 0.592. The fourth-order valence-electron chi connectivity index (χ4n) is 2.64. The number of anilines is 2. The van der Waals surface area contributed by atoms with Crippen molar-refractivity contribution in [3.8, 4) is 11.1 Å². The zero-order chi connectivity index (χ0) is 21.2. The Labute approximate surface area is 172 Å². The van der Waals surface area contributed by atoms with E-state index in [4.69, 9.17) is 28.8 Å². The average Bonchev–Trinajstić information content (AvgIpc) is 2.67. The molecule has 6 N–H and O–H groups in total. The number of hydrogen-bond acceptors (Lipinski definition) is 6. The molecule has 3 rings (SSSR count). The zero-order valence-corrected chi connectivity index (χ0v) is 16.9. The van der Waals surface area contributed by atoms with Crippen molar-refractivity contribution in [2.24, 2.45) is 16.6 Å². The number of halogens is 1. The number of benzene rings is 2. The first-order valence-corrected chi connectivity index (χ1v) is 10.1. The van der Waals surface area contributed by atoms with Crippen molar-refractivity contribution in [3.05, 3.63) is 65.4 Å². The van der Waals surface area contributed by atoms with E-state index in [0.29, 0.717) is 16.8 Å². The summed E-state index contributed by atoms with van der Waals surface area (Å²) in [7, 11) is -4.24. The lowest BCUT2D eigenvalue weighted by Crippen LogP contribution is -2.33. The summed E-state index contributed by atoms with van der Waals surface area (Å²) in [5.41, 5.74) is 18.5. The highest BCUT2D eigenvalue weighted by Gasteiger charge is 2.28. The lowest BCUT2D eigenvalue weighted by Gasteiger charge is -2.20. The van der Waals surface area contributed by atoms with Crippen LogP contribution in [0.1, 0.15) is 5.69 Å². The second-order valence-electron chi connectivity index (χ2n) is 5.98. The summed E-state index contributed by atoms with van der Waals surface area (Å²) in [5.74, 6) is -0.302. The molecule has 0 saturated heterocycles. The Balaban J connectivity index is 2.18. The van der Waals surface area contributed by atoms with Crippen LogP contribution in [0.15, 0.2) is 64.7 Å². The summed E-state index contributed by atoms with van der Waals surface area (Å²) in [6.07, 6.45) is 1.52. The largest absolute Gasteiger partial charge is 0.369 e. The molecule has 3 aromatic rings. The minimum atomic E-state index is -4.24. The quantitative estimate of drug-likeness (QED) is 0.317. The van der Waals surface area contributed by atoms with Crippen LogP contribution in [0.2, 0.25) is 5.02 Å². The van der Waals surface area contributed by atoms with E-state index in [0.717, 1.165) is 4.41 Å². The summed E-state index contributed by atoms with van der Waals surface area (Å²) < 4.78 is 27.5. The zero-order valence-electron chi connectivity index (χ0n) is 15.3. The molecule has 11 heteroatoms. The van der Waals surface area contributed by atoms with Gasteiger partial charge in [-0.2, -0.15) is 12.8 Å². The van der Waals surface area contributed by atoms with E-state index in [-0.39, 0.29) is 21.6 Å². The molecule has 150 valence electrons. The number of hydrogen-bond donors (Lipinski definition) is 3. The number of nitrogen functional groups attached to an aromatic ring is 1. The Morgan fingerprint density at radius 2 is 1.83 bits per heavy atom. The molecule has 1 aromatic heterocycles. The first-order chi connectivity index (χ1) is 13.7. The maximum Gasteiger partial charge on any atom is 0.285 e. The van der Waals surface area contributed by atoms with Gasteiger partial charge in [-0.15, -0.1) is 5.10 Å². The molecule has 0 bridgehead atoms. The molecule has 0 unspecified atom stereocenters. The Morgan fingerprint density at radius 1 is 1.14 bits per heavy atom. The molecule has 0 atom stereocenters. The molecule has 0 spiro atoms. The van der Waals surface area contributed by atoms with Gasteiger partial charge in [0.1, 0.15) is 4.90 Å². The molecule has 9 nitrogen and oxygen atoms in total. The van der Waals surface area contributed by atoms with Gasteiger partial charge in [0.25, 0.3) is 10.0 Å². The summed E-state index contributed by atoms with van der Waals surface area (Å²) in [6.45, 7) is 1.74. The van der Waals surface area contributed by atoms with E-state index in [1.54, 1.807) is 43.3 Å². The van der Waals surface area contributed by atoms with Gasteiger partial charge >= 0.3 is 0 Å². The summed E-state index contributed by atoms with van der Waals surface area (Å²) >= 11 is 6.23. The molecule has 0 aliphatic carbocycles. The van der Waals surface area contributed by atoms with E-state index >= 15 is 0 Å². The fraction of sp³-hybridized carbons (Fsp3) is 0.0556. The fourth-order valence-corrected chi connectivity index (χ4v) is 4.43. The van der Waals surface area contributed by atoms with E-state index in [2.05, 4.69) is 15.1 Å². The smallest absolute Gasteiger partial charge is 0.285 e. The van der Waals surface area contributed by atoms with Crippen LogP contribution in [0.4, 0.5) is 11.6 Å². The van der Waals surface area contributed by atoms with Gasteiger partial charge in [-0.1, -0.05) is 35.9 Å². The molecular weight excluding hydrogens is 414 g/mol. The molecular formula is C18H18ClN7O2S. The van der Waals surface area contributed by atoms with E-state index in [1.807, 2.05) is 0 Å². The first-order valence-electron chi connectivity index (χ1n) is 8.29. The predicted octanol–water partition coefficient (Wildman–Crippen LogP) is 2.07. The monoisotopic (exact) mass is 431 g/mol. The van der Waals surface area contributed by atoms with Crippen LogP contribution in [0.25, 0.3) is 11.1 Å². The number of sulfonamides is 1. The van der Waals surface area contributed by atoms with Crippen LogP contribution < -0.4 is 21.6 Å². The van der Waals surface area contributed by atoms with Crippen molar-refractivity contribution in [1.82, 2.24) is 9.97 Å². The van der Waals surface area contributed by atoms with Gasteiger partial charge in [0.15, 0.2) is 0 Å². The van der Waals surface area contributed by atoms with Crippen LogP contribution in [0.3, 0.4) is 0 Å². The highest BCUT2D eigenvalue weighted by molar-refractivity contribution is 7.92. The maximum atomic E-state index is 13.4. The van der Waals surface area contributed by atoms with Crippen molar-refractivity contribution >= 4 is 39.2 Å². The maximum absolute atomic E-state index is 13.4. The first kappa shape index (κ1) is 20.4. The number of rotatable bonds is 5. The van der Waals surface area contributed by atoms with E-state index < -0.39 is 16.0 Å². The Hall–Kier alpha value is -3.37. The third-order valence-electron chi connectivity index (χ3n) is 3.93. The van der Waals surface area contributed by atoms with Gasteiger partial charge in [-0.05, 0) is 36.8 Å². The minimum Gasteiger partial charge on any atom is -0.369 e. The highest BCUT2D eigenvalue weighted by Crippen LogP contribution is 2.33. The Bertz CT molecular complexity index is 1180. The third-order valence-corrected chi connectivity index (χ3v) is 6.01. The second-order valence-corrected chi connectivity index (χ2v) is 8.12. The standard InChI is InChI=1S/C18H18ClN7O2S/c1-11-14(10-23-18(22)24-11)12-7-8-15(19)16(9-12)29(27,28)26(25-17(20)21)13-5-3-2-4-6-13/h2-10H,1H3,(H4,20,21,25)(H2,22,23,24). The average molecular weight is 432 g/mol. The third kappa shape index (κ3) is 4.23. The predicted molar refractivity (Wildman–Crippen MR) is 114 cm³/mol. The molecule has 29 heavy (non-hydrogen) atoms. The van der Waals surface area contributed by atoms with Gasteiger partial charge < -0.3 is 17.2 Å². The highest BCUT2D eigenvalue weighted by atomic mass is 35.5. The van der Waals surface area contributed by atoms with Crippen molar-refractivity contribution in [3.63, 3.8) is 0 Å². The normalized spacial score (nSPS) is 11.1. The van der Waals surface area contributed by atoms with E-state index in [1.165, 1.54) is 18.3 Å².